The molecule has 1 aliphatic rings. The van der Waals surface area contributed by atoms with Gasteiger partial charge in [0.1, 0.15) is 5.75 Å². The van der Waals surface area contributed by atoms with E-state index in [1.54, 1.807) is 24.3 Å². The van der Waals surface area contributed by atoms with Gasteiger partial charge in [0.25, 0.3) is 17.1 Å². The Hall–Kier alpha value is -3.55. The molecule has 1 heterocycles. The second kappa shape index (κ2) is 11.0. The highest BCUT2D eigenvalue weighted by molar-refractivity contribution is 8.18. The van der Waals surface area contributed by atoms with Crippen molar-refractivity contribution in [1.29, 1.82) is 0 Å². The van der Waals surface area contributed by atoms with Crippen LogP contribution in [0.1, 0.15) is 27.8 Å². The highest BCUT2D eigenvalue weighted by Gasteiger charge is 2.35. The maximum Gasteiger partial charge on any atom is 0.293 e. The molecule has 3 aromatic carbocycles. The summed E-state index contributed by atoms with van der Waals surface area (Å²) in [4.78, 5) is 39.3. The Morgan fingerprint density at radius 3 is 2.56 bits per heavy atom. The van der Waals surface area contributed by atoms with Gasteiger partial charge in [-0.15, -0.1) is 0 Å². The Bertz CT molecular complexity index is 1390. The van der Waals surface area contributed by atoms with E-state index in [1.807, 2.05) is 63.2 Å². The van der Waals surface area contributed by atoms with E-state index in [-0.39, 0.29) is 30.2 Å². The van der Waals surface area contributed by atoms with Crippen molar-refractivity contribution in [2.45, 2.75) is 27.3 Å². The summed E-state index contributed by atoms with van der Waals surface area (Å²) in [6.45, 7) is 5.85. The molecule has 1 N–H and O–H groups in total. The number of nitrogens with zero attached hydrogens (tertiary/aromatic N) is 1. The van der Waals surface area contributed by atoms with E-state index in [0.29, 0.717) is 21.2 Å². The number of imide groups is 1. The Balaban J connectivity index is 1.40. The molecule has 0 bridgehead atoms. The van der Waals surface area contributed by atoms with Crippen molar-refractivity contribution in [3.05, 3.63) is 98.4 Å². The highest BCUT2D eigenvalue weighted by atomic mass is 35.5. The third-order valence-electron chi connectivity index (χ3n) is 5.74. The van der Waals surface area contributed by atoms with E-state index in [1.165, 1.54) is 4.90 Å². The minimum Gasteiger partial charge on any atom is -0.482 e. The molecule has 0 saturated carbocycles. The number of nitrogens with one attached hydrogen (secondary N) is 1. The average Bonchev–Trinajstić information content (AvgIpc) is 3.09. The Morgan fingerprint density at radius 1 is 1.03 bits per heavy atom. The van der Waals surface area contributed by atoms with Gasteiger partial charge in [-0.25, -0.2) is 0 Å². The molecule has 0 aliphatic carbocycles. The molecule has 3 amide bonds. The quantitative estimate of drug-likeness (QED) is 0.359. The molecule has 6 nitrogen and oxygen atoms in total. The first-order valence-corrected chi connectivity index (χ1v) is 12.5. The minimum absolute atomic E-state index is 0.204. The molecule has 36 heavy (non-hydrogen) atoms. The molecule has 3 aromatic rings. The van der Waals surface area contributed by atoms with Crippen LogP contribution < -0.4 is 10.1 Å². The smallest absolute Gasteiger partial charge is 0.293 e. The monoisotopic (exact) mass is 520 g/mol. The van der Waals surface area contributed by atoms with Crippen molar-refractivity contribution in [2.24, 2.45) is 0 Å². The van der Waals surface area contributed by atoms with Crippen LogP contribution in [0.2, 0.25) is 5.02 Å². The van der Waals surface area contributed by atoms with Gasteiger partial charge in [0.05, 0.1) is 16.5 Å². The molecule has 1 fully saturated rings. The minimum atomic E-state index is -0.340. The molecule has 4 rings (SSSR count). The summed E-state index contributed by atoms with van der Waals surface area (Å²) < 4.78 is 5.60. The van der Waals surface area contributed by atoms with E-state index in [9.17, 15) is 14.4 Å². The maximum absolute atomic E-state index is 12.9. The number of anilines is 1. The molecule has 184 valence electrons. The van der Waals surface area contributed by atoms with Gasteiger partial charge in [-0.3, -0.25) is 19.3 Å². The number of rotatable bonds is 7. The fourth-order valence-corrected chi connectivity index (χ4v) is 4.75. The molecule has 0 radical (unpaired) electrons. The second-order valence-electron chi connectivity index (χ2n) is 8.54. The standard InChI is InChI=1S/C28H25ClN2O4S/c1-17-8-9-19(3)23(12-17)30-26(32)16-35-24-11-10-20(13-22(24)29)14-25-27(33)31(28(34)36-25)15-21-7-5-4-6-18(21)2/h4-14H,15-16H2,1-3H3,(H,30,32)/b25-14-. The van der Waals surface area contributed by atoms with Crippen LogP contribution >= 0.6 is 23.4 Å². The molecule has 8 heteroatoms. The van der Waals surface area contributed by atoms with Gasteiger partial charge in [-0.1, -0.05) is 54.1 Å². The zero-order chi connectivity index (χ0) is 25.8. The van der Waals surface area contributed by atoms with Crippen LogP contribution in [-0.2, 0) is 16.1 Å². The molecule has 0 aromatic heterocycles. The van der Waals surface area contributed by atoms with Crippen LogP contribution in [-0.4, -0.2) is 28.6 Å². The number of halogens is 1. The lowest BCUT2D eigenvalue weighted by molar-refractivity contribution is -0.123. The van der Waals surface area contributed by atoms with Crippen LogP contribution in [0.25, 0.3) is 6.08 Å². The van der Waals surface area contributed by atoms with Gasteiger partial charge in [0, 0.05) is 5.69 Å². The Kier molecular flexibility index (Phi) is 7.82. The zero-order valence-electron chi connectivity index (χ0n) is 20.1. The first-order chi connectivity index (χ1) is 17.2. The predicted octanol–water partition coefficient (Wildman–Crippen LogP) is 6.52. The van der Waals surface area contributed by atoms with Gasteiger partial charge in [-0.2, -0.15) is 0 Å². The summed E-state index contributed by atoms with van der Waals surface area (Å²) in [6.07, 6.45) is 1.63. The summed E-state index contributed by atoms with van der Waals surface area (Å²) in [6, 6.07) is 18.5. The second-order valence-corrected chi connectivity index (χ2v) is 9.94. The number of carbonyl (C=O) groups excluding carboxylic acids is 3. The first kappa shape index (κ1) is 25.5. The molecule has 0 spiro atoms. The number of hydrogen-bond donors (Lipinski definition) is 1. The van der Waals surface area contributed by atoms with Crippen LogP contribution in [0, 0.1) is 20.8 Å². The van der Waals surface area contributed by atoms with Crippen molar-refractivity contribution in [2.75, 3.05) is 11.9 Å². The van der Waals surface area contributed by atoms with Crippen molar-refractivity contribution in [3.63, 3.8) is 0 Å². The van der Waals surface area contributed by atoms with E-state index >= 15 is 0 Å². The lowest BCUT2D eigenvalue weighted by Crippen LogP contribution is -2.27. The molecular weight excluding hydrogens is 496 g/mol. The summed E-state index contributed by atoms with van der Waals surface area (Å²) in [5.74, 6) is -0.295. The van der Waals surface area contributed by atoms with Gasteiger partial charge < -0.3 is 10.1 Å². The van der Waals surface area contributed by atoms with Gasteiger partial charge in [0.15, 0.2) is 6.61 Å². The van der Waals surface area contributed by atoms with Crippen LogP contribution in [0.5, 0.6) is 5.75 Å². The van der Waals surface area contributed by atoms with Crippen LogP contribution in [0.4, 0.5) is 10.5 Å². The number of hydrogen-bond acceptors (Lipinski definition) is 5. The molecule has 1 aliphatic heterocycles. The Labute approximate surface area is 219 Å². The SMILES string of the molecule is Cc1ccc(C)c(NC(=O)COc2ccc(/C=C3\SC(=O)N(Cc4ccccc4C)C3=O)cc2Cl)c1. The summed E-state index contributed by atoms with van der Waals surface area (Å²) in [7, 11) is 0. The highest BCUT2D eigenvalue weighted by Crippen LogP contribution is 2.35. The molecule has 0 atom stereocenters. The number of benzene rings is 3. The van der Waals surface area contributed by atoms with Crippen LogP contribution in [0.15, 0.2) is 65.6 Å². The maximum atomic E-state index is 12.9. The lowest BCUT2D eigenvalue weighted by atomic mass is 10.1. The number of ether oxygens (including phenoxy) is 1. The number of aryl methyl sites for hydroxylation is 3. The van der Waals surface area contributed by atoms with Gasteiger partial charge in [0.2, 0.25) is 0 Å². The normalized spacial score (nSPS) is 14.4. The Morgan fingerprint density at radius 2 is 1.81 bits per heavy atom. The van der Waals surface area contributed by atoms with Gasteiger partial charge in [-0.05, 0) is 84.6 Å². The van der Waals surface area contributed by atoms with Crippen molar-refractivity contribution in [3.8, 4) is 5.75 Å². The van der Waals surface area contributed by atoms with E-state index < -0.39 is 0 Å². The summed E-state index contributed by atoms with van der Waals surface area (Å²) in [5.41, 5.74) is 5.33. The fraction of sp³-hybridized carbons (Fsp3) is 0.179. The topological polar surface area (TPSA) is 75.7 Å². The van der Waals surface area contributed by atoms with Crippen molar-refractivity contribution >= 4 is 52.2 Å². The first-order valence-electron chi connectivity index (χ1n) is 11.3. The van der Waals surface area contributed by atoms with Crippen molar-refractivity contribution < 1.29 is 19.1 Å². The van der Waals surface area contributed by atoms with E-state index in [4.69, 9.17) is 16.3 Å². The summed E-state index contributed by atoms with van der Waals surface area (Å²) in [5, 5.41) is 2.83. The third-order valence-corrected chi connectivity index (χ3v) is 6.95. The zero-order valence-corrected chi connectivity index (χ0v) is 21.7. The van der Waals surface area contributed by atoms with E-state index in [2.05, 4.69) is 5.32 Å². The summed E-state index contributed by atoms with van der Waals surface area (Å²) >= 11 is 7.27. The average molecular weight is 521 g/mol. The lowest BCUT2D eigenvalue weighted by Gasteiger charge is -2.14. The molecular formula is C28H25ClN2O4S. The fourth-order valence-electron chi connectivity index (χ4n) is 3.67. The van der Waals surface area contributed by atoms with Crippen molar-refractivity contribution in [1.82, 2.24) is 4.90 Å². The van der Waals surface area contributed by atoms with Gasteiger partial charge >= 0.3 is 0 Å². The number of amides is 3. The number of thioether (sulfide) groups is 1. The van der Waals surface area contributed by atoms with Crippen LogP contribution in [0.3, 0.4) is 0 Å². The number of carbonyl (C=O) groups is 3. The molecule has 1 saturated heterocycles. The third kappa shape index (κ3) is 5.98. The predicted molar refractivity (Wildman–Crippen MR) is 144 cm³/mol. The molecule has 0 unspecified atom stereocenters. The largest absolute Gasteiger partial charge is 0.482 e. The van der Waals surface area contributed by atoms with E-state index in [0.717, 1.165) is 39.7 Å².